The van der Waals surface area contributed by atoms with Crippen molar-refractivity contribution in [2.45, 2.75) is 44.4 Å². The molecule has 19 heteroatoms. The average molecular weight is 525 g/mol. The van der Waals surface area contributed by atoms with Crippen LogP contribution in [0, 0.1) is 0 Å². The zero-order chi connectivity index (χ0) is 28.6. The third kappa shape index (κ3) is 16.3. The lowest BCUT2D eigenvalue weighted by Gasteiger charge is -2.01. The van der Waals surface area contributed by atoms with Gasteiger partial charge in [-0.2, -0.15) is 0 Å². The Morgan fingerprint density at radius 2 is 1.33 bits per heavy atom. The zero-order valence-corrected chi connectivity index (χ0v) is 18.6. The second-order valence-electron chi connectivity index (χ2n) is 6.60. The minimum absolute atomic E-state index is 0.0231. The first-order valence-corrected chi connectivity index (χ1v) is 9.58. The van der Waals surface area contributed by atoms with E-state index in [-0.39, 0.29) is 30.4 Å². The van der Waals surface area contributed by atoms with Crippen LogP contribution in [0.4, 0.5) is 0 Å². The van der Waals surface area contributed by atoms with Crippen molar-refractivity contribution in [2.75, 3.05) is 6.61 Å². The molecule has 204 valence electrons. The Labute approximate surface area is 198 Å². The fourth-order valence-corrected chi connectivity index (χ4v) is 1.69. The van der Waals surface area contributed by atoms with E-state index in [1.165, 1.54) is 6.92 Å². The number of carbonyl (C=O) groups is 4. The lowest BCUT2D eigenvalue weighted by Crippen LogP contribution is -2.30. The van der Waals surface area contributed by atoms with Gasteiger partial charge in [0.15, 0.2) is 6.10 Å². The molecule has 13 N–H and O–H groups in total. The molecule has 0 aromatic carbocycles. The number of fused-ring (bicyclic) bond motifs is 1. The van der Waals surface area contributed by atoms with E-state index in [9.17, 15) is 33.6 Å². The van der Waals surface area contributed by atoms with E-state index in [1.54, 1.807) is 0 Å². The van der Waals surface area contributed by atoms with Crippen molar-refractivity contribution in [1.29, 1.82) is 0 Å². The summed E-state index contributed by atoms with van der Waals surface area (Å²) in [7, 11) is 0. The Hall–Kier alpha value is -4.33. The highest BCUT2D eigenvalue weighted by Crippen LogP contribution is 1.93. The summed E-state index contributed by atoms with van der Waals surface area (Å²) in [6, 6.07) is -1.06. The fourth-order valence-electron chi connectivity index (χ4n) is 1.69. The number of rotatable bonds is 8. The van der Waals surface area contributed by atoms with Gasteiger partial charge in [0.25, 0.3) is 5.56 Å². The Kier molecular flexibility index (Phi) is 16.1. The summed E-state index contributed by atoms with van der Waals surface area (Å²) >= 11 is 0. The van der Waals surface area contributed by atoms with Crippen molar-refractivity contribution in [1.82, 2.24) is 19.9 Å². The summed E-state index contributed by atoms with van der Waals surface area (Å²) < 4.78 is 0. The van der Waals surface area contributed by atoms with Crippen LogP contribution in [0.3, 0.4) is 0 Å². The van der Waals surface area contributed by atoms with E-state index in [4.69, 9.17) is 41.5 Å². The fraction of sp³-hybridized carbons (Fsp3) is 0.471. The zero-order valence-electron chi connectivity index (χ0n) is 18.6. The summed E-state index contributed by atoms with van der Waals surface area (Å²) in [5, 5.41) is 56.3. The number of aliphatic carboxylic acids is 4. The van der Waals surface area contributed by atoms with Crippen molar-refractivity contribution in [3.05, 3.63) is 31.3 Å². The van der Waals surface area contributed by atoms with E-state index in [2.05, 4.69) is 15.0 Å². The first-order valence-electron chi connectivity index (χ1n) is 9.58. The number of carboxylic acid groups (broad SMARTS) is 4. The van der Waals surface area contributed by atoms with Crippen molar-refractivity contribution in [3.8, 4) is 0 Å². The minimum atomic E-state index is -1.63. The molecule has 0 spiro atoms. The lowest BCUT2D eigenvalue weighted by atomic mass is 10.2. The molecule has 2 rings (SSSR count). The standard InChI is InChI=1S/C5H4N4O3.C5H9NO4.C4H8O3.C3H6O4/c10-3-1-2(7-4(11)6-1)8-5(12)9-3;6-3(5(9)10)1-2-4(7)8;1-3(5)2-4(6)7;4-1-2(5)3(6)7/h(H4,6,7,8,9,10,11,12);3H,1-2,6H2,(H,7,8)(H,9,10);3,5H,2H2,1H3,(H,6,7);2,4-5H,1H2,(H,6,7)/t;3-;;/m.0../s1. The Bertz CT molecular complexity index is 1160. The van der Waals surface area contributed by atoms with Crippen LogP contribution in [0.2, 0.25) is 0 Å². The highest BCUT2D eigenvalue weighted by Gasteiger charge is 2.12. The van der Waals surface area contributed by atoms with Gasteiger partial charge in [-0.15, -0.1) is 0 Å². The average Bonchev–Trinajstić information content (AvgIpc) is 3.12. The molecule has 0 aliphatic heterocycles. The number of nitrogens with two attached hydrogens (primary N) is 1. The summed E-state index contributed by atoms with van der Waals surface area (Å²) in [4.78, 5) is 80.0. The normalized spacial score (nSPS) is 12.2. The molecule has 0 radical (unpaired) electrons. The SMILES string of the molecule is CC(O)CC(=O)O.N[C@@H](CCC(=O)O)C(=O)O.O=C(O)C(O)CO.O=c1[nH]c(=O)c2[nH]c(=O)[nH]c2[nH]1. The quantitative estimate of drug-likeness (QED) is 0.155. The van der Waals surface area contributed by atoms with E-state index in [1.807, 2.05) is 4.98 Å². The van der Waals surface area contributed by atoms with Gasteiger partial charge in [-0.25, -0.2) is 14.4 Å². The number of carboxylic acids is 4. The van der Waals surface area contributed by atoms with Gasteiger partial charge in [0.1, 0.15) is 17.2 Å². The van der Waals surface area contributed by atoms with Crippen molar-refractivity contribution < 1.29 is 54.9 Å². The van der Waals surface area contributed by atoms with Crippen molar-refractivity contribution in [3.63, 3.8) is 0 Å². The predicted octanol–water partition coefficient (Wildman–Crippen LogP) is -4.24. The molecular weight excluding hydrogens is 498 g/mol. The van der Waals surface area contributed by atoms with Crippen LogP contribution in [0.25, 0.3) is 11.2 Å². The number of aromatic amines is 4. The third-order valence-corrected chi connectivity index (χ3v) is 3.33. The number of nitrogens with one attached hydrogen (secondary N) is 4. The summed E-state index contributed by atoms with van der Waals surface area (Å²) in [5.41, 5.74) is 3.35. The van der Waals surface area contributed by atoms with E-state index in [0.29, 0.717) is 0 Å². The molecule has 0 amide bonds. The van der Waals surface area contributed by atoms with Gasteiger partial charge in [0.2, 0.25) is 0 Å². The topological polar surface area (TPSA) is 350 Å². The minimum Gasteiger partial charge on any atom is -0.481 e. The van der Waals surface area contributed by atoms with Crippen molar-refractivity contribution in [2.24, 2.45) is 5.73 Å². The molecule has 3 atom stereocenters. The first-order chi connectivity index (χ1) is 16.5. The number of H-pyrrole nitrogens is 4. The number of aromatic nitrogens is 4. The molecule has 0 saturated heterocycles. The third-order valence-electron chi connectivity index (χ3n) is 3.33. The van der Waals surface area contributed by atoms with E-state index >= 15 is 0 Å². The Balaban J connectivity index is 0. The Morgan fingerprint density at radius 3 is 1.64 bits per heavy atom. The van der Waals surface area contributed by atoms with Gasteiger partial charge >= 0.3 is 35.3 Å². The number of imidazole rings is 1. The second-order valence-corrected chi connectivity index (χ2v) is 6.60. The molecule has 0 saturated carbocycles. The number of aliphatic hydroxyl groups excluding tert-OH is 3. The molecule has 0 aliphatic carbocycles. The molecule has 2 unspecified atom stereocenters. The highest BCUT2D eigenvalue weighted by molar-refractivity contribution is 5.74. The monoisotopic (exact) mass is 525 g/mol. The molecule has 0 bridgehead atoms. The molecule has 36 heavy (non-hydrogen) atoms. The predicted molar refractivity (Wildman–Crippen MR) is 117 cm³/mol. The lowest BCUT2D eigenvalue weighted by molar-refractivity contribution is -0.148. The molecule has 19 nitrogen and oxygen atoms in total. The van der Waals surface area contributed by atoms with Crippen LogP contribution in [0.15, 0.2) is 14.4 Å². The largest absolute Gasteiger partial charge is 0.481 e. The van der Waals surface area contributed by atoms with Gasteiger partial charge in [0, 0.05) is 6.42 Å². The van der Waals surface area contributed by atoms with Crippen molar-refractivity contribution >= 4 is 35.0 Å². The second kappa shape index (κ2) is 17.2. The van der Waals surface area contributed by atoms with Gasteiger partial charge in [-0.05, 0) is 13.3 Å². The smallest absolute Gasteiger partial charge is 0.334 e. The molecule has 2 heterocycles. The van der Waals surface area contributed by atoms with Crippen LogP contribution in [-0.4, -0.2) is 104 Å². The summed E-state index contributed by atoms with van der Waals surface area (Å²) in [6.45, 7) is 0.712. The highest BCUT2D eigenvalue weighted by atomic mass is 16.4. The van der Waals surface area contributed by atoms with Crippen LogP contribution >= 0.6 is 0 Å². The van der Waals surface area contributed by atoms with Gasteiger partial charge in [-0.1, -0.05) is 0 Å². The van der Waals surface area contributed by atoms with Crippen LogP contribution in [-0.2, 0) is 19.2 Å². The number of hydrogen-bond acceptors (Lipinski definition) is 11. The van der Waals surface area contributed by atoms with Crippen LogP contribution in [0.1, 0.15) is 26.2 Å². The molecular formula is C17H27N5O14. The molecule has 2 aromatic rings. The van der Waals surface area contributed by atoms with E-state index < -0.39 is 65.7 Å². The molecule has 2 aromatic heterocycles. The molecule has 0 fully saturated rings. The summed E-state index contributed by atoms with van der Waals surface area (Å²) in [6.07, 6.45) is -2.74. The van der Waals surface area contributed by atoms with Gasteiger partial charge in [0.05, 0.1) is 19.1 Å². The number of hydrogen-bond donors (Lipinski definition) is 12. The maximum Gasteiger partial charge on any atom is 0.334 e. The maximum absolute atomic E-state index is 10.9. The Morgan fingerprint density at radius 1 is 0.833 bits per heavy atom. The molecule has 0 aliphatic rings. The summed E-state index contributed by atoms with van der Waals surface area (Å²) in [5.74, 6) is -4.56. The van der Waals surface area contributed by atoms with Crippen LogP contribution in [0.5, 0.6) is 0 Å². The first kappa shape index (κ1) is 33.8. The number of aliphatic hydroxyl groups is 3. The van der Waals surface area contributed by atoms with Gasteiger partial charge in [-0.3, -0.25) is 39.1 Å². The van der Waals surface area contributed by atoms with Gasteiger partial charge < -0.3 is 41.5 Å². The van der Waals surface area contributed by atoms with E-state index in [0.717, 1.165) is 0 Å². The van der Waals surface area contributed by atoms with Crippen LogP contribution < -0.4 is 22.7 Å². The maximum atomic E-state index is 10.9.